The molecule has 0 atom stereocenters. The molecule has 0 aromatic heterocycles. The SMILES string of the molecule is C=C/C=C/C1=CC(=O)OC1=O. The van der Waals surface area contributed by atoms with Crippen LogP contribution in [0.2, 0.25) is 0 Å². The highest BCUT2D eigenvalue weighted by Gasteiger charge is 2.20. The second kappa shape index (κ2) is 2.96. The molecule has 11 heavy (non-hydrogen) atoms. The Labute approximate surface area is 63.7 Å². The number of allylic oxidation sites excluding steroid dienone is 2. The van der Waals surface area contributed by atoms with E-state index >= 15 is 0 Å². The van der Waals surface area contributed by atoms with Gasteiger partial charge >= 0.3 is 11.9 Å². The molecule has 1 aliphatic rings. The van der Waals surface area contributed by atoms with Crippen LogP contribution in [0.25, 0.3) is 0 Å². The van der Waals surface area contributed by atoms with Gasteiger partial charge in [0.05, 0.1) is 5.57 Å². The monoisotopic (exact) mass is 150 g/mol. The van der Waals surface area contributed by atoms with Gasteiger partial charge in [-0.2, -0.15) is 0 Å². The molecule has 0 bridgehead atoms. The fraction of sp³-hybridized carbons (Fsp3) is 0. The first-order chi connectivity index (χ1) is 5.24. The Morgan fingerprint density at radius 3 is 2.64 bits per heavy atom. The second-order valence-corrected chi connectivity index (χ2v) is 1.90. The minimum atomic E-state index is -0.612. The third-order valence-electron chi connectivity index (χ3n) is 1.11. The Kier molecular flexibility index (Phi) is 2.01. The molecule has 0 fully saturated rings. The van der Waals surface area contributed by atoms with Gasteiger partial charge in [0.2, 0.25) is 0 Å². The molecule has 0 spiro atoms. The Morgan fingerprint density at radius 1 is 1.45 bits per heavy atom. The summed E-state index contributed by atoms with van der Waals surface area (Å²) in [4.78, 5) is 21.1. The Hall–Kier alpha value is -1.64. The fourth-order valence-corrected chi connectivity index (χ4v) is 0.654. The molecule has 3 nitrogen and oxygen atoms in total. The van der Waals surface area contributed by atoms with E-state index in [1.165, 1.54) is 12.2 Å². The van der Waals surface area contributed by atoms with Crippen molar-refractivity contribution < 1.29 is 14.3 Å². The molecule has 0 N–H and O–H groups in total. The lowest BCUT2D eigenvalue weighted by Gasteiger charge is -1.86. The summed E-state index contributed by atoms with van der Waals surface area (Å²) in [6, 6.07) is 0. The van der Waals surface area contributed by atoms with E-state index in [-0.39, 0.29) is 5.57 Å². The molecule has 0 unspecified atom stereocenters. The van der Waals surface area contributed by atoms with E-state index in [2.05, 4.69) is 11.3 Å². The van der Waals surface area contributed by atoms with Gasteiger partial charge in [-0.3, -0.25) is 0 Å². The topological polar surface area (TPSA) is 43.4 Å². The van der Waals surface area contributed by atoms with Crippen LogP contribution in [0.3, 0.4) is 0 Å². The van der Waals surface area contributed by atoms with Gasteiger partial charge in [-0.05, 0) is 6.08 Å². The molecule has 0 saturated heterocycles. The van der Waals surface area contributed by atoms with Crippen molar-refractivity contribution in [2.75, 3.05) is 0 Å². The molecule has 1 aliphatic heterocycles. The lowest BCUT2D eigenvalue weighted by atomic mass is 10.2. The largest absolute Gasteiger partial charge is 0.386 e. The maximum absolute atomic E-state index is 10.7. The highest BCUT2D eigenvalue weighted by atomic mass is 16.6. The zero-order valence-corrected chi connectivity index (χ0v) is 5.74. The smallest absolute Gasteiger partial charge is 0.346 e. The van der Waals surface area contributed by atoms with Gasteiger partial charge in [0.15, 0.2) is 0 Å². The van der Waals surface area contributed by atoms with Crippen molar-refractivity contribution in [3.63, 3.8) is 0 Å². The number of rotatable bonds is 2. The molecule has 3 heteroatoms. The number of carbonyl (C=O) groups is 2. The van der Waals surface area contributed by atoms with Crippen LogP contribution in [0, 0.1) is 0 Å². The van der Waals surface area contributed by atoms with Gasteiger partial charge in [-0.1, -0.05) is 18.7 Å². The number of hydrogen-bond donors (Lipinski definition) is 0. The molecular formula is C8H6O3. The van der Waals surface area contributed by atoms with Gasteiger partial charge in [0, 0.05) is 6.08 Å². The van der Waals surface area contributed by atoms with E-state index in [9.17, 15) is 9.59 Å². The van der Waals surface area contributed by atoms with Gasteiger partial charge in [0.25, 0.3) is 0 Å². The zero-order valence-electron chi connectivity index (χ0n) is 5.74. The molecule has 0 radical (unpaired) electrons. The van der Waals surface area contributed by atoms with E-state index in [1.807, 2.05) is 0 Å². The summed E-state index contributed by atoms with van der Waals surface area (Å²) in [6.45, 7) is 3.41. The summed E-state index contributed by atoms with van der Waals surface area (Å²) in [7, 11) is 0. The van der Waals surface area contributed by atoms with Crippen molar-refractivity contribution in [2.24, 2.45) is 0 Å². The first kappa shape index (κ1) is 7.47. The van der Waals surface area contributed by atoms with Gasteiger partial charge < -0.3 is 4.74 Å². The van der Waals surface area contributed by atoms with Crippen LogP contribution >= 0.6 is 0 Å². The molecule has 56 valence electrons. The number of cyclic esters (lactones) is 2. The molecule has 0 saturated carbocycles. The highest BCUT2D eigenvalue weighted by molar-refractivity contribution is 6.10. The number of ether oxygens (including phenoxy) is 1. The second-order valence-electron chi connectivity index (χ2n) is 1.90. The summed E-state index contributed by atoms with van der Waals surface area (Å²) >= 11 is 0. The van der Waals surface area contributed by atoms with Crippen LogP contribution in [0.4, 0.5) is 0 Å². The third kappa shape index (κ3) is 1.64. The number of esters is 2. The zero-order chi connectivity index (χ0) is 8.27. The molecule has 0 aromatic rings. The third-order valence-corrected chi connectivity index (χ3v) is 1.11. The van der Waals surface area contributed by atoms with Gasteiger partial charge in [-0.15, -0.1) is 0 Å². The number of hydrogen-bond acceptors (Lipinski definition) is 3. The van der Waals surface area contributed by atoms with Gasteiger partial charge in [0.1, 0.15) is 0 Å². The predicted molar refractivity (Wildman–Crippen MR) is 38.5 cm³/mol. The molecular weight excluding hydrogens is 144 g/mol. The average Bonchev–Trinajstić information content (AvgIpc) is 2.26. The van der Waals surface area contributed by atoms with Crippen molar-refractivity contribution in [3.8, 4) is 0 Å². The maximum atomic E-state index is 10.7. The standard InChI is InChI=1S/C8H6O3/c1-2-3-4-6-5-7(9)11-8(6)10/h2-5H,1H2/b4-3+. The van der Waals surface area contributed by atoms with E-state index in [0.29, 0.717) is 0 Å². The van der Waals surface area contributed by atoms with Crippen molar-refractivity contribution in [1.82, 2.24) is 0 Å². The quantitative estimate of drug-likeness (QED) is 0.331. The van der Waals surface area contributed by atoms with Crippen LogP contribution in [-0.2, 0) is 14.3 Å². The van der Waals surface area contributed by atoms with Crippen LogP contribution in [0.1, 0.15) is 0 Å². The minimum absolute atomic E-state index is 0.259. The summed E-state index contributed by atoms with van der Waals surface area (Å²) in [5.41, 5.74) is 0.259. The summed E-state index contributed by atoms with van der Waals surface area (Å²) < 4.78 is 4.21. The lowest BCUT2D eigenvalue weighted by molar-refractivity contribution is -0.150. The van der Waals surface area contributed by atoms with E-state index in [0.717, 1.165) is 6.08 Å². The van der Waals surface area contributed by atoms with Crippen molar-refractivity contribution >= 4 is 11.9 Å². The van der Waals surface area contributed by atoms with Crippen molar-refractivity contribution in [3.05, 3.63) is 36.5 Å². The average molecular weight is 150 g/mol. The first-order valence-electron chi connectivity index (χ1n) is 3.01. The molecule has 1 heterocycles. The summed E-state index contributed by atoms with van der Waals surface area (Å²) in [5.74, 6) is -1.22. The van der Waals surface area contributed by atoms with Crippen LogP contribution in [0.15, 0.2) is 36.5 Å². The maximum Gasteiger partial charge on any atom is 0.346 e. The van der Waals surface area contributed by atoms with Crippen molar-refractivity contribution in [2.45, 2.75) is 0 Å². The lowest BCUT2D eigenvalue weighted by Crippen LogP contribution is -2.00. The van der Waals surface area contributed by atoms with E-state index in [1.54, 1.807) is 6.08 Å². The van der Waals surface area contributed by atoms with E-state index < -0.39 is 11.9 Å². The number of carbonyl (C=O) groups excluding carboxylic acids is 2. The normalized spacial score (nSPS) is 16.9. The first-order valence-corrected chi connectivity index (χ1v) is 3.01. The minimum Gasteiger partial charge on any atom is -0.386 e. The van der Waals surface area contributed by atoms with Gasteiger partial charge in [-0.25, -0.2) is 9.59 Å². The Bertz CT molecular complexity index is 271. The Morgan fingerprint density at radius 2 is 2.18 bits per heavy atom. The molecule has 0 amide bonds. The highest BCUT2D eigenvalue weighted by Crippen LogP contribution is 2.08. The molecule has 0 aromatic carbocycles. The van der Waals surface area contributed by atoms with E-state index in [4.69, 9.17) is 0 Å². The summed E-state index contributed by atoms with van der Waals surface area (Å²) in [6.07, 6.45) is 5.69. The Balaban J connectivity index is 2.79. The van der Waals surface area contributed by atoms with Crippen LogP contribution in [-0.4, -0.2) is 11.9 Å². The van der Waals surface area contributed by atoms with Crippen LogP contribution in [0.5, 0.6) is 0 Å². The fourth-order valence-electron chi connectivity index (χ4n) is 0.654. The molecule has 1 rings (SSSR count). The van der Waals surface area contributed by atoms with Crippen molar-refractivity contribution in [1.29, 1.82) is 0 Å². The molecule has 0 aliphatic carbocycles. The van der Waals surface area contributed by atoms with Crippen LogP contribution < -0.4 is 0 Å². The predicted octanol–water partition coefficient (Wildman–Crippen LogP) is 0.738. The summed E-state index contributed by atoms with van der Waals surface area (Å²) in [5, 5.41) is 0.